The predicted molar refractivity (Wildman–Crippen MR) is 315 cm³/mol. The lowest BCUT2D eigenvalue weighted by Crippen LogP contribution is -2.45. The fraction of sp³-hybridized carbons (Fsp3) is 0.939. The Hall–Kier alpha value is -1.40. The Labute approximate surface area is 450 Å². The lowest BCUT2D eigenvalue weighted by Gasteiger charge is -2.20. The molecule has 428 valence electrons. The van der Waals surface area contributed by atoms with Gasteiger partial charge in [0.05, 0.1) is 25.4 Å². The Kier molecular flexibility index (Phi) is 60.9. The van der Waals surface area contributed by atoms with Gasteiger partial charge in [0.1, 0.15) is 0 Å². The van der Waals surface area contributed by atoms with Crippen LogP contribution in [0, 0.1) is 0 Å². The molecule has 72 heavy (non-hydrogen) atoms. The highest BCUT2D eigenvalue weighted by molar-refractivity contribution is 5.76. The lowest BCUT2D eigenvalue weighted by atomic mass is 10.0. The van der Waals surface area contributed by atoms with Gasteiger partial charge in [-0.3, -0.25) is 9.59 Å². The Balaban J connectivity index is 3.38. The van der Waals surface area contributed by atoms with Crippen molar-refractivity contribution in [3.05, 3.63) is 12.2 Å². The van der Waals surface area contributed by atoms with Crippen LogP contribution in [0.4, 0.5) is 0 Å². The SMILES string of the molecule is CCCCCCCCCCCCCCCCC/C=C/C(O)C(CO)NC(=O)CCCCCCCCCCCCCCCCCCCCCCCOC(=O)CCCCCCCCCCCCCCCCCCC. The molecular weight excluding hydrogens is 887 g/mol. The van der Waals surface area contributed by atoms with Crippen LogP contribution >= 0.6 is 0 Å². The molecule has 2 unspecified atom stereocenters. The van der Waals surface area contributed by atoms with E-state index >= 15 is 0 Å². The van der Waals surface area contributed by atoms with Crippen LogP contribution in [0.2, 0.25) is 0 Å². The average Bonchev–Trinajstić information content (AvgIpc) is 3.38. The Bertz CT molecular complexity index is 1080. The number of allylic oxidation sites excluding steroid dienone is 1. The molecule has 3 N–H and O–H groups in total. The van der Waals surface area contributed by atoms with Gasteiger partial charge in [0.2, 0.25) is 5.91 Å². The standard InChI is InChI=1S/C66H129NO5/c1-3-5-7-9-11-13-15-17-19-26-30-34-38-42-46-50-54-58-64(69)63(62-68)67-65(70)59-55-51-47-43-39-35-31-28-24-22-21-23-25-29-33-37-41-45-49-53-57-61-72-66(71)60-56-52-48-44-40-36-32-27-20-18-16-14-12-10-8-6-4-2/h54,58,63-64,68-69H,3-53,55-57,59-62H2,1-2H3,(H,67,70)/b58-54+. The summed E-state index contributed by atoms with van der Waals surface area (Å²) < 4.78 is 5.50. The van der Waals surface area contributed by atoms with Gasteiger partial charge in [-0.05, 0) is 32.1 Å². The maximum Gasteiger partial charge on any atom is 0.305 e. The molecule has 0 aromatic rings. The van der Waals surface area contributed by atoms with Gasteiger partial charge < -0.3 is 20.3 Å². The van der Waals surface area contributed by atoms with E-state index in [0.29, 0.717) is 19.4 Å². The van der Waals surface area contributed by atoms with Crippen LogP contribution in [0.3, 0.4) is 0 Å². The number of ether oxygens (including phenoxy) is 1. The van der Waals surface area contributed by atoms with E-state index in [1.54, 1.807) is 6.08 Å². The summed E-state index contributed by atoms with van der Waals surface area (Å²) in [5, 5.41) is 23.2. The summed E-state index contributed by atoms with van der Waals surface area (Å²) in [7, 11) is 0. The molecule has 6 nitrogen and oxygen atoms in total. The molecule has 6 heteroatoms. The largest absolute Gasteiger partial charge is 0.466 e. The Morgan fingerprint density at radius 3 is 0.944 bits per heavy atom. The van der Waals surface area contributed by atoms with Gasteiger partial charge in [-0.2, -0.15) is 0 Å². The van der Waals surface area contributed by atoms with Gasteiger partial charge in [-0.25, -0.2) is 0 Å². The molecular formula is C66H129NO5. The molecule has 0 bridgehead atoms. The van der Waals surface area contributed by atoms with Crippen molar-refractivity contribution in [3.63, 3.8) is 0 Å². The summed E-state index contributed by atoms with van der Waals surface area (Å²) in [6, 6.07) is -0.628. The minimum absolute atomic E-state index is 0.0162. The molecule has 1 amide bonds. The molecule has 0 saturated carbocycles. The van der Waals surface area contributed by atoms with Crippen LogP contribution in [0.25, 0.3) is 0 Å². The zero-order valence-corrected chi connectivity index (χ0v) is 48.9. The molecule has 0 radical (unpaired) electrons. The van der Waals surface area contributed by atoms with Crippen LogP contribution in [0.15, 0.2) is 12.2 Å². The number of hydrogen-bond donors (Lipinski definition) is 3. The number of carbonyl (C=O) groups is 2. The number of aliphatic hydroxyl groups excluding tert-OH is 2. The van der Waals surface area contributed by atoms with E-state index in [9.17, 15) is 19.8 Å². The number of amides is 1. The smallest absolute Gasteiger partial charge is 0.305 e. The van der Waals surface area contributed by atoms with Gasteiger partial charge in [-0.15, -0.1) is 0 Å². The van der Waals surface area contributed by atoms with E-state index in [2.05, 4.69) is 19.2 Å². The number of aliphatic hydroxyl groups is 2. The van der Waals surface area contributed by atoms with Crippen molar-refractivity contribution in [1.82, 2.24) is 5.32 Å². The number of nitrogens with one attached hydrogen (secondary N) is 1. The topological polar surface area (TPSA) is 95.9 Å². The minimum atomic E-state index is -0.845. The van der Waals surface area contributed by atoms with Crippen molar-refractivity contribution in [2.24, 2.45) is 0 Å². The molecule has 0 aliphatic rings. The first kappa shape index (κ1) is 70.6. The van der Waals surface area contributed by atoms with E-state index in [4.69, 9.17) is 4.74 Å². The fourth-order valence-electron chi connectivity index (χ4n) is 10.5. The molecule has 0 spiro atoms. The van der Waals surface area contributed by atoms with Crippen molar-refractivity contribution in [3.8, 4) is 0 Å². The zero-order valence-electron chi connectivity index (χ0n) is 48.9. The first-order valence-corrected chi connectivity index (χ1v) is 33.0. The second-order valence-electron chi connectivity index (χ2n) is 22.8. The van der Waals surface area contributed by atoms with Crippen molar-refractivity contribution >= 4 is 11.9 Å². The first-order valence-electron chi connectivity index (χ1n) is 33.0. The maximum absolute atomic E-state index is 12.5. The summed E-state index contributed by atoms with van der Waals surface area (Å²) in [6.45, 7) is 4.94. The van der Waals surface area contributed by atoms with Gasteiger partial charge in [-0.1, -0.05) is 341 Å². The third kappa shape index (κ3) is 57.9. The lowest BCUT2D eigenvalue weighted by molar-refractivity contribution is -0.143. The van der Waals surface area contributed by atoms with Crippen LogP contribution < -0.4 is 5.32 Å². The van der Waals surface area contributed by atoms with E-state index < -0.39 is 12.1 Å². The molecule has 0 fully saturated rings. The highest BCUT2D eigenvalue weighted by atomic mass is 16.5. The third-order valence-corrected chi connectivity index (χ3v) is 15.6. The number of carbonyl (C=O) groups excluding carboxylic acids is 2. The molecule has 0 aliphatic carbocycles. The summed E-state index contributed by atoms with van der Waals surface area (Å²) in [6.07, 6.45) is 75.5. The van der Waals surface area contributed by atoms with Crippen molar-refractivity contribution in [2.75, 3.05) is 13.2 Å². The highest BCUT2D eigenvalue weighted by Gasteiger charge is 2.18. The second-order valence-corrected chi connectivity index (χ2v) is 22.8. The van der Waals surface area contributed by atoms with Crippen LogP contribution in [-0.2, 0) is 14.3 Å². The van der Waals surface area contributed by atoms with Crippen molar-refractivity contribution in [1.29, 1.82) is 0 Å². The second kappa shape index (κ2) is 62.1. The first-order chi connectivity index (χ1) is 35.5. The monoisotopic (exact) mass is 1020 g/mol. The molecule has 0 saturated heterocycles. The average molecular weight is 1020 g/mol. The number of esters is 1. The minimum Gasteiger partial charge on any atom is -0.466 e. The maximum atomic E-state index is 12.5. The quantitative estimate of drug-likeness (QED) is 0.0320. The summed E-state index contributed by atoms with van der Waals surface area (Å²) in [4.78, 5) is 24.6. The van der Waals surface area contributed by atoms with Gasteiger partial charge in [0.25, 0.3) is 0 Å². The van der Waals surface area contributed by atoms with E-state index in [0.717, 1.165) is 38.5 Å². The number of hydrogen-bond acceptors (Lipinski definition) is 5. The van der Waals surface area contributed by atoms with Crippen LogP contribution in [0.5, 0.6) is 0 Å². The van der Waals surface area contributed by atoms with E-state index in [1.165, 1.54) is 308 Å². The summed E-state index contributed by atoms with van der Waals surface area (Å²) >= 11 is 0. The predicted octanol–water partition coefficient (Wildman–Crippen LogP) is 20.8. The van der Waals surface area contributed by atoms with Gasteiger partial charge >= 0.3 is 5.97 Å². The zero-order chi connectivity index (χ0) is 52.2. The molecule has 0 heterocycles. The normalized spacial score (nSPS) is 12.6. The Morgan fingerprint density at radius 1 is 0.375 bits per heavy atom. The van der Waals surface area contributed by atoms with E-state index in [-0.39, 0.29) is 18.5 Å². The van der Waals surface area contributed by atoms with Crippen molar-refractivity contribution in [2.45, 2.75) is 386 Å². The highest BCUT2D eigenvalue weighted by Crippen LogP contribution is 2.19. The Morgan fingerprint density at radius 2 is 0.639 bits per heavy atom. The van der Waals surface area contributed by atoms with Crippen molar-refractivity contribution < 1.29 is 24.5 Å². The molecule has 0 aromatic carbocycles. The van der Waals surface area contributed by atoms with Crippen LogP contribution in [-0.4, -0.2) is 47.4 Å². The molecule has 0 rings (SSSR count). The molecule has 2 atom stereocenters. The van der Waals surface area contributed by atoms with Gasteiger partial charge in [0.15, 0.2) is 0 Å². The molecule has 0 aliphatic heterocycles. The molecule has 0 aromatic heterocycles. The summed E-state index contributed by atoms with van der Waals surface area (Å²) in [5.74, 6) is -0.0494. The van der Waals surface area contributed by atoms with Gasteiger partial charge in [0, 0.05) is 12.8 Å². The summed E-state index contributed by atoms with van der Waals surface area (Å²) in [5.41, 5.74) is 0. The number of rotatable bonds is 62. The van der Waals surface area contributed by atoms with E-state index in [1.807, 2.05) is 6.08 Å². The third-order valence-electron chi connectivity index (χ3n) is 15.6. The van der Waals surface area contributed by atoms with Crippen LogP contribution in [0.1, 0.15) is 373 Å². The fourth-order valence-corrected chi connectivity index (χ4v) is 10.5. The number of unbranched alkanes of at least 4 members (excludes halogenated alkanes) is 51.